The lowest BCUT2D eigenvalue weighted by Crippen LogP contribution is -2.60. The Morgan fingerprint density at radius 1 is 0.525 bits per heavy atom. The smallest absolute Gasteiger partial charge is 0.335 e. The van der Waals surface area contributed by atoms with Gasteiger partial charge in [-0.15, -0.1) is 0 Å². The topological polar surface area (TPSA) is 169 Å². The Balaban J connectivity index is 2.35. The first-order valence-corrected chi connectivity index (χ1v) is 23.5. The van der Waals surface area contributed by atoms with Gasteiger partial charge in [-0.05, 0) is 51.4 Å². The fourth-order valence-electron chi connectivity index (χ4n) is 7.00. The van der Waals surface area contributed by atoms with Crippen LogP contribution in [-0.4, -0.2) is 88.4 Å². The second kappa shape index (κ2) is 38.4. The monoisotopic (exact) mass is 837 g/mol. The molecule has 6 unspecified atom stereocenters. The van der Waals surface area contributed by atoms with Crippen LogP contribution in [0.2, 0.25) is 0 Å². The fourth-order valence-corrected chi connectivity index (χ4v) is 7.00. The average molecular weight is 837 g/mol. The summed E-state index contributed by atoms with van der Waals surface area (Å²) < 4.78 is 21.8. The summed E-state index contributed by atoms with van der Waals surface area (Å²) in [5.74, 6) is -2.45. The Labute approximate surface area is 357 Å². The van der Waals surface area contributed by atoms with Crippen LogP contribution < -0.4 is 0 Å². The molecular formula is C48H84O11. The van der Waals surface area contributed by atoms with Gasteiger partial charge in [0.15, 0.2) is 18.5 Å². The van der Waals surface area contributed by atoms with Gasteiger partial charge >= 0.3 is 17.9 Å². The van der Waals surface area contributed by atoms with Crippen molar-refractivity contribution in [2.45, 2.75) is 237 Å². The predicted molar refractivity (Wildman–Crippen MR) is 234 cm³/mol. The number of hydrogen-bond donors (Lipinski definition) is 4. The minimum absolute atomic E-state index is 0.183. The van der Waals surface area contributed by atoms with Gasteiger partial charge in [0.1, 0.15) is 24.9 Å². The molecule has 1 rings (SSSR count). The van der Waals surface area contributed by atoms with E-state index < -0.39 is 61.3 Å². The lowest BCUT2D eigenvalue weighted by Gasteiger charge is -2.38. The van der Waals surface area contributed by atoms with E-state index in [1.807, 2.05) is 0 Å². The highest BCUT2D eigenvalue weighted by Gasteiger charge is 2.47. The van der Waals surface area contributed by atoms with Crippen molar-refractivity contribution < 1.29 is 53.8 Å². The average Bonchev–Trinajstić information content (AvgIpc) is 3.22. The van der Waals surface area contributed by atoms with E-state index >= 15 is 0 Å². The van der Waals surface area contributed by atoms with Crippen molar-refractivity contribution in [1.29, 1.82) is 0 Å². The van der Waals surface area contributed by atoms with Crippen molar-refractivity contribution in [2.24, 2.45) is 0 Å². The maximum atomic E-state index is 12.8. The summed E-state index contributed by atoms with van der Waals surface area (Å²) in [5.41, 5.74) is 0. The van der Waals surface area contributed by atoms with Crippen LogP contribution in [0.1, 0.15) is 200 Å². The maximum Gasteiger partial charge on any atom is 0.335 e. The third-order valence-electron chi connectivity index (χ3n) is 10.7. The van der Waals surface area contributed by atoms with E-state index in [2.05, 4.69) is 50.3 Å². The molecule has 0 saturated carbocycles. The second-order valence-electron chi connectivity index (χ2n) is 16.3. The number of ether oxygens (including phenoxy) is 4. The van der Waals surface area contributed by atoms with E-state index in [-0.39, 0.29) is 19.4 Å². The molecule has 0 spiro atoms. The highest BCUT2D eigenvalue weighted by atomic mass is 16.7. The van der Waals surface area contributed by atoms with Gasteiger partial charge in [-0.3, -0.25) is 9.59 Å². The van der Waals surface area contributed by atoms with Crippen molar-refractivity contribution in [3.8, 4) is 0 Å². The molecule has 0 aromatic heterocycles. The number of esters is 2. The molecule has 0 aromatic rings. The molecule has 59 heavy (non-hydrogen) atoms. The van der Waals surface area contributed by atoms with Crippen molar-refractivity contribution in [3.05, 3.63) is 36.5 Å². The molecule has 4 N–H and O–H groups in total. The number of aliphatic hydroxyl groups excluding tert-OH is 3. The number of allylic oxidation sites excluding steroid dienone is 6. The number of aliphatic carboxylic acids is 1. The number of carbonyl (C=O) groups is 3. The molecule has 0 bridgehead atoms. The molecule has 1 heterocycles. The van der Waals surface area contributed by atoms with Crippen molar-refractivity contribution in [3.63, 3.8) is 0 Å². The molecule has 0 aliphatic carbocycles. The first kappa shape index (κ1) is 54.4. The third kappa shape index (κ3) is 30.2. The molecule has 0 radical (unpaired) electrons. The Hall–Kier alpha value is -2.57. The van der Waals surface area contributed by atoms with Crippen LogP contribution in [0.4, 0.5) is 0 Å². The van der Waals surface area contributed by atoms with Crippen LogP contribution in [0, 0.1) is 0 Å². The SMILES string of the molecule is CCCCC/C=C\C/C=C\C/C=C\CCCCCCCCC(=O)OCC(COC1OC(C(=O)O)C(O)C(O)C1O)OC(=O)CCCCCCCCCCCCCCCC. The fraction of sp³-hybridized carbons (Fsp3) is 0.812. The summed E-state index contributed by atoms with van der Waals surface area (Å²) >= 11 is 0. The van der Waals surface area contributed by atoms with Crippen LogP contribution in [0.15, 0.2) is 36.5 Å². The third-order valence-corrected chi connectivity index (χ3v) is 10.7. The highest BCUT2D eigenvalue weighted by molar-refractivity contribution is 5.73. The summed E-state index contributed by atoms with van der Waals surface area (Å²) in [5, 5.41) is 39.8. The quantitative estimate of drug-likeness (QED) is 0.0264. The van der Waals surface area contributed by atoms with Crippen molar-refractivity contribution in [1.82, 2.24) is 0 Å². The number of carboxylic acids is 1. The van der Waals surface area contributed by atoms with Gasteiger partial charge in [0.05, 0.1) is 6.61 Å². The minimum Gasteiger partial charge on any atom is -0.479 e. The summed E-state index contributed by atoms with van der Waals surface area (Å²) in [6.45, 7) is 3.78. The highest BCUT2D eigenvalue weighted by Crippen LogP contribution is 2.23. The molecule has 11 nitrogen and oxygen atoms in total. The van der Waals surface area contributed by atoms with Crippen LogP contribution in [0.5, 0.6) is 0 Å². The molecule has 342 valence electrons. The number of unbranched alkanes of at least 4 members (excludes halogenated alkanes) is 22. The zero-order valence-electron chi connectivity index (χ0n) is 37.0. The van der Waals surface area contributed by atoms with E-state index in [1.54, 1.807) is 0 Å². The number of rotatable bonds is 39. The predicted octanol–water partition coefficient (Wildman–Crippen LogP) is 10.4. The maximum absolute atomic E-state index is 12.8. The number of carbonyl (C=O) groups excluding carboxylic acids is 2. The van der Waals surface area contributed by atoms with E-state index in [0.717, 1.165) is 70.6 Å². The Bertz CT molecular complexity index is 1120. The summed E-state index contributed by atoms with van der Waals surface area (Å²) in [7, 11) is 0. The van der Waals surface area contributed by atoms with Crippen LogP contribution in [0.25, 0.3) is 0 Å². The van der Waals surface area contributed by atoms with Gasteiger partial charge in [0, 0.05) is 12.8 Å². The van der Waals surface area contributed by atoms with Gasteiger partial charge < -0.3 is 39.4 Å². The van der Waals surface area contributed by atoms with Gasteiger partial charge in [0.25, 0.3) is 0 Å². The van der Waals surface area contributed by atoms with Crippen molar-refractivity contribution >= 4 is 17.9 Å². The van der Waals surface area contributed by atoms with E-state index in [4.69, 9.17) is 18.9 Å². The number of hydrogen-bond acceptors (Lipinski definition) is 10. The number of aliphatic hydroxyl groups is 3. The Morgan fingerprint density at radius 2 is 0.949 bits per heavy atom. The molecular weight excluding hydrogens is 753 g/mol. The standard InChI is InChI=1S/C48H84O11/c1-3-5-7-9-11-13-15-17-19-20-21-22-23-25-26-28-30-32-34-36-41(49)56-38-40(39-57-48-45(53)43(51)44(52)46(59-48)47(54)55)58-42(50)37-35-33-31-29-27-24-18-16-14-12-10-8-6-4-2/h11,13,17,19,21-22,40,43-46,48,51-53H,3-10,12,14-16,18,20,23-39H2,1-2H3,(H,54,55)/b13-11-,19-17-,22-21-. The normalized spacial score (nSPS) is 20.2. The van der Waals surface area contributed by atoms with E-state index in [0.29, 0.717) is 12.8 Å². The second-order valence-corrected chi connectivity index (χ2v) is 16.3. The van der Waals surface area contributed by atoms with Gasteiger partial charge in [-0.2, -0.15) is 0 Å². The molecule has 11 heteroatoms. The summed E-state index contributed by atoms with van der Waals surface area (Å²) in [6.07, 6.45) is 34.7. The van der Waals surface area contributed by atoms with E-state index in [9.17, 15) is 34.8 Å². The molecule has 0 amide bonds. The van der Waals surface area contributed by atoms with Crippen LogP contribution >= 0.6 is 0 Å². The van der Waals surface area contributed by atoms with Gasteiger partial charge in [-0.25, -0.2) is 4.79 Å². The summed E-state index contributed by atoms with van der Waals surface area (Å²) in [4.78, 5) is 36.9. The molecule has 6 atom stereocenters. The first-order valence-electron chi connectivity index (χ1n) is 23.5. The molecule has 1 saturated heterocycles. The first-order chi connectivity index (χ1) is 28.7. The molecule has 0 aromatic carbocycles. The Morgan fingerprint density at radius 3 is 1.46 bits per heavy atom. The zero-order valence-corrected chi connectivity index (χ0v) is 37.0. The van der Waals surface area contributed by atoms with Crippen molar-refractivity contribution in [2.75, 3.05) is 13.2 Å². The van der Waals surface area contributed by atoms with Crippen LogP contribution in [-0.2, 0) is 33.3 Å². The number of carboxylic acid groups (broad SMARTS) is 1. The summed E-state index contributed by atoms with van der Waals surface area (Å²) in [6, 6.07) is 0. The largest absolute Gasteiger partial charge is 0.479 e. The molecule has 1 fully saturated rings. The lowest BCUT2D eigenvalue weighted by atomic mass is 9.99. The van der Waals surface area contributed by atoms with Gasteiger partial charge in [-0.1, -0.05) is 172 Å². The Kier molecular flexibility index (Phi) is 35.4. The zero-order chi connectivity index (χ0) is 43.2. The molecule has 1 aliphatic rings. The van der Waals surface area contributed by atoms with Gasteiger partial charge in [0.2, 0.25) is 0 Å². The molecule has 1 aliphatic heterocycles. The lowest BCUT2D eigenvalue weighted by molar-refractivity contribution is -0.298. The van der Waals surface area contributed by atoms with E-state index in [1.165, 1.54) is 89.9 Å². The van der Waals surface area contributed by atoms with Crippen LogP contribution in [0.3, 0.4) is 0 Å². The minimum atomic E-state index is -1.86.